The van der Waals surface area contributed by atoms with Gasteiger partial charge in [0.05, 0.1) is 17.6 Å². The largest absolute Gasteiger partial charge is 0.486 e. The zero-order valence-corrected chi connectivity index (χ0v) is 28.4. The van der Waals surface area contributed by atoms with E-state index in [1.807, 2.05) is 36.2 Å². The molecule has 3 aliphatic heterocycles. The highest BCUT2D eigenvalue weighted by Crippen LogP contribution is 2.41. The summed E-state index contributed by atoms with van der Waals surface area (Å²) >= 11 is 0. The summed E-state index contributed by atoms with van der Waals surface area (Å²) < 4.78 is 34.3. The summed E-state index contributed by atoms with van der Waals surface area (Å²) in [6, 6.07) is 5.61. The highest BCUT2D eigenvalue weighted by molar-refractivity contribution is 5.90. The fourth-order valence-corrected chi connectivity index (χ4v) is 8.37. The summed E-state index contributed by atoms with van der Waals surface area (Å²) in [4.78, 5) is 48.2. The minimum absolute atomic E-state index is 0.0338. The maximum atomic E-state index is 15.4. The summed E-state index contributed by atoms with van der Waals surface area (Å²) in [7, 11) is 1.91. The number of carboxylic acids is 1. The van der Waals surface area contributed by atoms with Gasteiger partial charge in [-0.1, -0.05) is 44.2 Å². The maximum Gasteiger partial charge on any atom is 0.408 e. The van der Waals surface area contributed by atoms with Gasteiger partial charge in [-0.05, 0) is 76.0 Å². The Morgan fingerprint density at radius 2 is 1.73 bits per heavy atom. The molecule has 2 amide bonds. The van der Waals surface area contributed by atoms with Crippen LogP contribution in [-0.2, 0) is 20.7 Å². The van der Waals surface area contributed by atoms with Crippen molar-refractivity contribution in [1.82, 2.24) is 20.1 Å². The Morgan fingerprint density at radius 3 is 2.51 bits per heavy atom. The maximum absolute atomic E-state index is 15.4. The van der Waals surface area contributed by atoms with Crippen molar-refractivity contribution in [2.45, 2.75) is 120 Å². The first-order chi connectivity index (χ1) is 23.7. The van der Waals surface area contributed by atoms with Crippen molar-refractivity contribution in [2.24, 2.45) is 11.8 Å². The smallest absolute Gasteiger partial charge is 0.408 e. The Balaban J connectivity index is 1.23. The molecule has 7 atom stereocenters. The number of carbonyl (C=O) groups is 3. The lowest BCUT2D eigenvalue weighted by atomic mass is 9.83. The molecule has 266 valence electrons. The minimum Gasteiger partial charge on any atom is -0.486 e. The molecular weight excluding hydrogens is 631 g/mol. The number of pyridine rings is 1. The molecule has 4 fully saturated rings. The number of nitrogens with zero attached hydrogens (tertiary/aromatic N) is 3. The van der Waals surface area contributed by atoms with Crippen molar-refractivity contribution >= 4 is 28.9 Å². The number of fused-ring (bicyclic) bond motifs is 5. The highest BCUT2D eigenvalue weighted by Gasteiger charge is 2.46. The average molecular weight is 681 g/mol. The van der Waals surface area contributed by atoms with Gasteiger partial charge in [-0.25, -0.2) is 19.0 Å². The fourth-order valence-electron chi connectivity index (χ4n) is 8.37. The third-order valence-corrected chi connectivity index (χ3v) is 11.2. The van der Waals surface area contributed by atoms with E-state index in [1.54, 1.807) is 0 Å². The van der Waals surface area contributed by atoms with Crippen LogP contribution in [0.1, 0.15) is 82.6 Å². The molecule has 0 unspecified atom stereocenters. The van der Waals surface area contributed by atoms with Gasteiger partial charge >= 0.3 is 12.1 Å². The monoisotopic (exact) mass is 680 g/mol. The third kappa shape index (κ3) is 7.59. The average Bonchev–Trinajstić information content (AvgIpc) is 3.67. The molecule has 2 saturated carbocycles. The third-order valence-electron chi connectivity index (χ3n) is 11.2. The van der Waals surface area contributed by atoms with E-state index in [4.69, 9.17) is 19.2 Å². The normalized spacial score (nSPS) is 32.1. The number of rotatable bonds is 4. The SMILES string of the molecule is CN1CC[C@H](Oc2c3c(nc4ccccc24)O[C@@H]2C[C@@H](C(=O)O)N(C2)C(=O)[C@H](C2CCCCC2)NC(=O)O[C@@H]2C[C@H]2CCCCC3)[C@H](F)C1. The molecular formula is C37H49FN4O7. The number of alkyl halides is 1. The van der Waals surface area contributed by atoms with Gasteiger partial charge in [0.2, 0.25) is 11.8 Å². The summed E-state index contributed by atoms with van der Waals surface area (Å²) in [5.74, 6) is -0.435. The predicted octanol–water partition coefficient (Wildman–Crippen LogP) is 5.27. The lowest BCUT2D eigenvalue weighted by molar-refractivity contribution is -0.149. The van der Waals surface area contributed by atoms with Crippen molar-refractivity contribution in [3.05, 3.63) is 29.8 Å². The molecule has 7 rings (SSSR count). The Hall–Kier alpha value is -3.67. The van der Waals surface area contributed by atoms with Gasteiger partial charge < -0.3 is 34.4 Å². The molecule has 12 heteroatoms. The van der Waals surface area contributed by atoms with Crippen molar-refractivity contribution in [2.75, 3.05) is 26.7 Å². The van der Waals surface area contributed by atoms with Crippen LogP contribution >= 0.6 is 0 Å². The number of halogens is 1. The number of amides is 2. The molecule has 0 radical (unpaired) electrons. The van der Waals surface area contributed by atoms with E-state index in [0.717, 1.165) is 81.7 Å². The first-order valence-corrected chi connectivity index (χ1v) is 18.3. The van der Waals surface area contributed by atoms with E-state index >= 15 is 4.39 Å². The summed E-state index contributed by atoms with van der Waals surface area (Å²) in [5, 5.41) is 14.0. The van der Waals surface area contributed by atoms with Gasteiger partial charge in [0.15, 0.2) is 0 Å². The van der Waals surface area contributed by atoms with Crippen LogP contribution in [-0.4, -0.2) is 101 Å². The number of hydrogen-bond acceptors (Lipinski definition) is 8. The van der Waals surface area contributed by atoms with Crippen molar-refractivity contribution in [3.63, 3.8) is 0 Å². The van der Waals surface area contributed by atoms with Crippen molar-refractivity contribution in [3.8, 4) is 11.6 Å². The van der Waals surface area contributed by atoms with Crippen molar-refractivity contribution < 1.29 is 38.1 Å². The van der Waals surface area contributed by atoms with E-state index in [1.165, 1.54) is 4.90 Å². The van der Waals surface area contributed by atoms with Crippen LogP contribution in [0.5, 0.6) is 11.6 Å². The Labute approximate surface area is 286 Å². The van der Waals surface area contributed by atoms with E-state index < -0.39 is 48.4 Å². The van der Waals surface area contributed by atoms with Crippen LogP contribution in [0.2, 0.25) is 0 Å². The minimum atomic E-state index is -1.15. The number of aromatic nitrogens is 1. The van der Waals surface area contributed by atoms with Crippen molar-refractivity contribution in [1.29, 1.82) is 0 Å². The Bertz CT molecular complexity index is 1540. The first-order valence-electron chi connectivity index (χ1n) is 18.3. The van der Waals surface area contributed by atoms with Crippen LogP contribution in [0.25, 0.3) is 10.9 Å². The standard InChI is InChI=1S/C37H49FN4O7/c1-41-17-16-30(27(38)21-41)48-33-25-13-8-9-15-28(25)39-34-26(33)14-7-3-6-12-23-18-31(23)49-37(46)40-32(22-10-4-2-5-11-22)35(43)42-20-24(47-34)19-29(42)36(44)45/h8-9,13,15,22-24,27,29-32H,2-7,10-12,14,16-21H2,1H3,(H,40,46)(H,44,45)/t23-,24-,27-,29+,30+,31-,32+/m1/s1. The number of alkyl carbamates (subject to hydrolysis) is 1. The zero-order chi connectivity index (χ0) is 34.1. The molecule has 2 N–H and O–H groups in total. The molecule has 11 nitrogen and oxygen atoms in total. The van der Waals surface area contributed by atoms with E-state index in [0.29, 0.717) is 36.5 Å². The number of hydrogen-bond donors (Lipinski definition) is 2. The Morgan fingerprint density at radius 1 is 0.980 bits per heavy atom. The second-order valence-corrected chi connectivity index (χ2v) is 14.8. The molecule has 1 aromatic heterocycles. The van der Waals surface area contributed by atoms with Crippen LogP contribution < -0.4 is 14.8 Å². The van der Waals surface area contributed by atoms with Gasteiger partial charge in [-0.15, -0.1) is 0 Å². The topological polar surface area (TPSA) is 131 Å². The highest BCUT2D eigenvalue weighted by atomic mass is 19.1. The second kappa shape index (κ2) is 14.7. The molecule has 2 aromatic rings. The molecule has 1 aromatic carbocycles. The quantitative estimate of drug-likeness (QED) is 0.444. The molecule has 0 spiro atoms. The van der Waals surface area contributed by atoms with Gasteiger partial charge in [0, 0.05) is 24.9 Å². The predicted molar refractivity (Wildman–Crippen MR) is 179 cm³/mol. The van der Waals surface area contributed by atoms with Gasteiger partial charge in [0.25, 0.3) is 0 Å². The number of nitrogens with one attached hydrogen (secondary N) is 1. The second-order valence-electron chi connectivity index (χ2n) is 14.8. The number of aliphatic carboxylic acids is 1. The number of ether oxygens (including phenoxy) is 3. The Kier molecular flexibility index (Phi) is 10.1. The number of benzene rings is 1. The summed E-state index contributed by atoms with van der Waals surface area (Å²) in [5.41, 5.74) is 1.39. The molecule has 4 heterocycles. The molecule has 2 bridgehead atoms. The number of carboxylic acid groups (broad SMARTS) is 1. The van der Waals surface area contributed by atoms with E-state index in [2.05, 4.69) is 5.32 Å². The first kappa shape index (κ1) is 33.8. The number of para-hydroxylation sites is 1. The lowest BCUT2D eigenvalue weighted by Gasteiger charge is -2.34. The van der Waals surface area contributed by atoms with Crippen LogP contribution in [0.3, 0.4) is 0 Å². The summed E-state index contributed by atoms with van der Waals surface area (Å²) in [6.45, 7) is 1.05. The number of carbonyl (C=O) groups excluding carboxylic acids is 2. The number of likely N-dealkylation sites (tertiary alicyclic amines) is 1. The van der Waals surface area contributed by atoms with Gasteiger partial charge in [-0.3, -0.25) is 4.79 Å². The van der Waals surface area contributed by atoms with E-state index in [-0.39, 0.29) is 30.9 Å². The summed E-state index contributed by atoms with van der Waals surface area (Å²) in [6.07, 6.45) is 6.95. The zero-order valence-electron chi connectivity index (χ0n) is 28.4. The molecule has 2 aliphatic carbocycles. The van der Waals surface area contributed by atoms with Gasteiger partial charge in [-0.2, -0.15) is 0 Å². The van der Waals surface area contributed by atoms with Crippen LogP contribution in [0.4, 0.5) is 9.18 Å². The number of piperidine rings is 1. The molecule has 49 heavy (non-hydrogen) atoms. The fraction of sp³-hybridized carbons (Fsp3) is 0.676. The van der Waals surface area contributed by atoms with E-state index in [9.17, 15) is 19.5 Å². The van der Waals surface area contributed by atoms with Crippen LogP contribution in [0.15, 0.2) is 24.3 Å². The molecule has 5 aliphatic rings. The molecule has 2 saturated heterocycles. The lowest BCUT2D eigenvalue weighted by Crippen LogP contribution is -2.55. The van der Waals surface area contributed by atoms with Crippen LogP contribution in [0, 0.1) is 11.8 Å². The van der Waals surface area contributed by atoms with Gasteiger partial charge in [0.1, 0.15) is 42.3 Å².